The lowest BCUT2D eigenvalue weighted by atomic mass is 9.87. The molecule has 1 amide bonds. The first-order valence-corrected chi connectivity index (χ1v) is 11.9. The van der Waals surface area contributed by atoms with Crippen molar-refractivity contribution in [1.82, 2.24) is 9.88 Å². The number of aromatic amines is 1. The van der Waals surface area contributed by atoms with Crippen LogP contribution in [0.15, 0.2) is 79.0 Å². The van der Waals surface area contributed by atoms with E-state index < -0.39 is 0 Å². The van der Waals surface area contributed by atoms with Crippen LogP contribution in [-0.2, 0) is 10.2 Å². The average Bonchev–Trinajstić information content (AvgIpc) is 3.25. The van der Waals surface area contributed by atoms with E-state index in [0.717, 1.165) is 22.0 Å². The Balaban J connectivity index is 1.61. The van der Waals surface area contributed by atoms with Gasteiger partial charge in [0.15, 0.2) is 6.61 Å². The van der Waals surface area contributed by atoms with Gasteiger partial charge in [-0.1, -0.05) is 80.9 Å². The number of rotatable bonds is 7. The summed E-state index contributed by atoms with van der Waals surface area (Å²) >= 11 is 0. The maximum atomic E-state index is 13.5. The van der Waals surface area contributed by atoms with Crippen LogP contribution < -0.4 is 4.74 Å². The first kappa shape index (κ1) is 23.6. The minimum Gasteiger partial charge on any atom is -0.484 e. The number of hydrogen-bond donors (Lipinski definition) is 1. The van der Waals surface area contributed by atoms with Crippen LogP contribution in [0, 0.1) is 6.92 Å². The van der Waals surface area contributed by atoms with E-state index in [2.05, 4.69) is 81.2 Å². The highest BCUT2D eigenvalue weighted by Gasteiger charge is 2.28. The zero-order chi connectivity index (χ0) is 24.3. The van der Waals surface area contributed by atoms with Gasteiger partial charge in [-0.3, -0.25) is 4.79 Å². The Hall–Kier alpha value is -3.53. The number of ether oxygens (including phenoxy) is 1. The molecule has 4 aromatic rings. The summed E-state index contributed by atoms with van der Waals surface area (Å²) in [7, 11) is 0. The second-order valence-corrected chi connectivity index (χ2v) is 9.85. The Morgan fingerprint density at radius 1 is 0.971 bits per heavy atom. The molecule has 0 radical (unpaired) electrons. The molecular formula is C30H34N2O2. The second kappa shape index (κ2) is 9.76. The number of H-pyrrole nitrogens is 1. The molecular weight excluding hydrogens is 420 g/mol. The lowest BCUT2D eigenvalue weighted by Gasteiger charge is -2.31. The number of hydrogen-bond acceptors (Lipinski definition) is 2. The molecule has 0 unspecified atom stereocenters. The molecule has 0 saturated heterocycles. The zero-order valence-electron chi connectivity index (χ0n) is 20.8. The fourth-order valence-electron chi connectivity index (χ4n) is 4.38. The van der Waals surface area contributed by atoms with Gasteiger partial charge in [0.25, 0.3) is 5.91 Å². The number of likely N-dealkylation sites (N-methyl/N-ethyl adjacent to an activating group) is 1. The van der Waals surface area contributed by atoms with E-state index in [4.69, 9.17) is 4.74 Å². The first-order valence-electron chi connectivity index (χ1n) is 11.9. The zero-order valence-corrected chi connectivity index (χ0v) is 20.8. The van der Waals surface area contributed by atoms with E-state index >= 15 is 0 Å². The summed E-state index contributed by atoms with van der Waals surface area (Å²) in [6, 6.07) is 24.5. The van der Waals surface area contributed by atoms with E-state index in [1.807, 2.05) is 42.3 Å². The lowest BCUT2D eigenvalue weighted by Crippen LogP contribution is -2.38. The van der Waals surface area contributed by atoms with Crippen LogP contribution in [-0.4, -0.2) is 28.9 Å². The highest BCUT2D eigenvalue weighted by atomic mass is 16.5. The summed E-state index contributed by atoms with van der Waals surface area (Å²) < 4.78 is 5.93. The molecule has 0 aliphatic rings. The van der Waals surface area contributed by atoms with Crippen molar-refractivity contribution in [2.24, 2.45) is 0 Å². The van der Waals surface area contributed by atoms with Crippen LogP contribution in [0.2, 0.25) is 0 Å². The molecule has 0 fully saturated rings. The SMILES string of the molecule is CCN(C(=O)COc1ccc(C(C)(C)C)cc1)[C@@H](c1ccc(C)cc1)c1c[nH]c2ccccc12. The lowest BCUT2D eigenvalue weighted by molar-refractivity contribution is -0.134. The summed E-state index contributed by atoms with van der Waals surface area (Å²) in [6.07, 6.45) is 2.03. The Bertz CT molecular complexity index is 1250. The van der Waals surface area contributed by atoms with Crippen LogP contribution >= 0.6 is 0 Å². The standard InChI is InChI=1S/C30H34N2O2/c1-6-32(28(33)20-34-24-17-15-23(16-18-24)30(3,4)5)29(22-13-11-21(2)12-14-22)26-19-31-27-10-8-7-9-25(26)27/h7-19,29,31H,6,20H2,1-5H3/t29-/m0/s1. The molecule has 1 N–H and O–H groups in total. The van der Waals surface area contributed by atoms with Crippen LogP contribution in [0.3, 0.4) is 0 Å². The Kier molecular flexibility index (Phi) is 6.78. The topological polar surface area (TPSA) is 45.3 Å². The van der Waals surface area contributed by atoms with Gasteiger partial charge in [0, 0.05) is 29.2 Å². The third-order valence-electron chi connectivity index (χ3n) is 6.36. The number of aromatic nitrogens is 1. The van der Waals surface area contributed by atoms with Crippen LogP contribution in [0.5, 0.6) is 5.75 Å². The molecule has 0 saturated carbocycles. The fraction of sp³-hybridized carbons (Fsp3) is 0.300. The highest BCUT2D eigenvalue weighted by Crippen LogP contribution is 2.34. The quantitative estimate of drug-likeness (QED) is 0.334. The molecule has 0 bridgehead atoms. The number of para-hydroxylation sites is 1. The van der Waals surface area contributed by atoms with E-state index in [-0.39, 0.29) is 24.0 Å². The number of nitrogens with one attached hydrogen (secondary N) is 1. The van der Waals surface area contributed by atoms with Gasteiger partial charge in [-0.25, -0.2) is 0 Å². The van der Waals surface area contributed by atoms with Gasteiger partial charge < -0.3 is 14.6 Å². The summed E-state index contributed by atoms with van der Waals surface area (Å²) in [5.41, 5.74) is 5.74. The van der Waals surface area contributed by atoms with E-state index in [1.165, 1.54) is 11.1 Å². The van der Waals surface area contributed by atoms with Crippen molar-refractivity contribution in [3.8, 4) is 5.75 Å². The summed E-state index contributed by atoms with van der Waals surface area (Å²) in [5, 5.41) is 1.12. The smallest absolute Gasteiger partial charge is 0.261 e. The number of carbonyl (C=O) groups excluding carboxylic acids is 1. The Morgan fingerprint density at radius 2 is 1.65 bits per heavy atom. The van der Waals surface area contributed by atoms with Crippen molar-refractivity contribution in [2.45, 2.75) is 46.1 Å². The van der Waals surface area contributed by atoms with E-state index in [1.54, 1.807) is 0 Å². The predicted octanol–water partition coefficient (Wildman–Crippen LogP) is 6.79. The third kappa shape index (κ3) is 5.01. The van der Waals surface area contributed by atoms with Gasteiger partial charge in [0.2, 0.25) is 0 Å². The molecule has 1 heterocycles. The van der Waals surface area contributed by atoms with Crippen molar-refractivity contribution < 1.29 is 9.53 Å². The van der Waals surface area contributed by atoms with Crippen LogP contribution in [0.1, 0.15) is 56.0 Å². The number of nitrogens with zero attached hydrogens (tertiary/aromatic N) is 1. The van der Waals surface area contributed by atoms with Crippen molar-refractivity contribution in [3.05, 3.63) is 101 Å². The van der Waals surface area contributed by atoms with Gasteiger partial charge >= 0.3 is 0 Å². The maximum absolute atomic E-state index is 13.5. The Morgan fingerprint density at radius 3 is 2.29 bits per heavy atom. The maximum Gasteiger partial charge on any atom is 0.261 e. The van der Waals surface area contributed by atoms with Crippen LogP contribution in [0.25, 0.3) is 10.9 Å². The monoisotopic (exact) mass is 454 g/mol. The molecule has 1 aromatic heterocycles. The molecule has 1 atom stereocenters. The van der Waals surface area contributed by atoms with Crippen molar-refractivity contribution in [1.29, 1.82) is 0 Å². The molecule has 4 rings (SSSR count). The summed E-state index contributed by atoms with van der Waals surface area (Å²) in [4.78, 5) is 18.8. The average molecular weight is 455 g/mol. The molecule has 3 aromatic carbocycles. The molecule has 176 valence electrons. The van der Waals surface area contributed by atoms with Gasteiger partial charge in [0.1, 0.15) is 5.75 Å². The van der Waals surface area contributed by atoms with Gasteiger partial charge in [-0.05, 0) is 48.6 Å². The predicted molar refractivity (Wildman–Crippen MR) is 139 cm³/mol. The normalized spacial score (nSPS) is 12.5. The minimum atomic E-state index is -0.207. The van der Waals surface area contributed by atoms with Gasteiger partial charge in [-0.2, -0.15) is 0 Å². The molecule has 4 heteroatoms. The number of amides is 1. The molecule has 4 nitrogen and oxygen atoms in total. The number of carbonyl (C=O) groups is 1. The second-order valence-electron chi connectivity index (χ2n) is 9.85. The van der Waals surface area contributed by atoms with Gasteiger partial charge in [0.05, 0.1) is 6.04 Å². The minimum absolute atomic E-state index is 0.00653. The summed E-state index contributed by atoms with van der Waals surface area (Å²) in [5.74, 6) is 0.662. The van der Waals surface area contributed by atoms with Gasteiger partial charge in [-0.15, -0.1) is 0 Å². The van der Waals surface area contributed by atoms with Crippen LogP contribution in [0.4, 0.5) is 0 Å². The van der Waals surface area contributed by atoms with Crippen molar-refractivity contribution in [2.75, 3.05) is 13.2 Å². The number of fused-ring (bicyclic) bond motifs is 1. The first-order chi connectivity index (χ1) is 16.3. The number of benzene rings is 3. The van der Waals surface area contributed by atoms with E-state index in [0.29, 0.717) is 12.3 Å². The summed E-state index contributed by atoms with van der Waals surface area (Å²) in [6.45, 7) is 11.2. The molecule has 0 spiro atoms. The number of aryl methyl sites for hydroxylation is 1. The molecule has 34 heavy (non-hydrogen) atoms. The highest BCUT2D eigenvalue weighted by molar-refractivity contribution is 5.86. The molecule has 0 aliphatic carbocycles. The molecule has 0 aliphatic heterocycles. The van der Waals surface area contributed by atoms with E-state index in [9.17, 15) is 4.79 Å². The third-order valence-corrected chi connectivity index (χ3v) is 6.36. The Labute approximate surface area is 202 Å². The van der Waals surface area contributed by atoms with Crippen molar-refractivity contribution in [3.63, 3.8) is 0 Å². The largest absolute Gasteiger partial charge is 0.484 e. The fourth-order valence-corrected chi connectivity index (χ4v) is 4.38. The van der Waals surface area contributed by atoms with Crippen molar-refractivity contribution >= 4 is 16.8 Å².